The average Bonchev–Trinajstić information content (AvgIpc) is 2.37. The van der Waals surface area contributed by atoms with Gasteiger partial charge in [0, 0.05) is 12.3 Å². The van der Waals surface area contributed by atoms with Crippen LogP contribution in [0, 0.1) is 5.92 Å². The number of nitrogens with one attached hydrogen (secondary N) is 2. The zero-order valence-corrected chi connectivity index (χ0v) is 13.2. The number of anilines is 1. The number of urea groups is 1. The number of sulfone groups is 1. The first-order valence-corrected chi connectivity index (χ1v) is 9.12. The van der Waals surface area contributed by atoms with Crippen LogP contribution in [0.4, 0.5) is 10.5 Å². The Morgan fingerprint density at radius 3 is 2.62 bits per heavy atom. The van der Waals surface area contributed by atoms with Gasteiger partial charge in [-0.3, -0.25) is 0 Å². The Hall–Kier alpha value is -1.56. The van der Waals surface area contributed by atoms with Crippen LogP contribution in [0.3, 0.4) is 0 Å². The van der Waals surface area contributed by atoms with E-state index in [4.69, 9.17) is 0 Å². The first kappa shape index (κ1) is 15.8. The second-order valence-corrected chi connectivity index (χ2v) is 7.82. The molecule has 0 radical (unpaired) electrons. The highest BCUT2D eigenvalue weighted by Gasteiger charge is 2.21. The largest absolute Gasteiger partial charge is 0.335 e. The maximum Gasteiger partial charge on any atom is 0.319 e. The van der Waals surface area contributed by atoms with E-state index < -0.39 is 9.84 Å². The van der Waals surface area contributed by atoms with E-state index in [2.05, 4.69) is 17.6 Å². The van der Waals surface area contributed by atoms with Crippen LogP contribution < -0.4 is 10.6 Å². The SMILES string of the molecule is C[C@@H]1CCC[C@@H](NC(=O)Nc2ccccc2S(C)(=O)=O)C1. The van der Waals surface area contributed by atoms with Crippen molar-refractivity contribution in [1.82, 2.24) is 5.32 Å². The summed E-state index contributed by atoms with van der Waals surface area (Å²) >= 11 is 0. The fourth-order valence-corrected chi connectivity index (χ4v) is 3.65. The maximum absolute atomic E-state index is 12.0. The molecule has 5 nitrogen and oxygen atoms in total. The molecule has 1 aromatic carbocycles. The molecule has 2 rings (SSSR count). The molecule has 0 spiro atoms. The van der Waals surface area contributed by atoms with Gasteiger partial charge in [-0.2, -0.15) is 0 Å². The summed E-state index contributed by atoms with van der Waals surface area (Å²) in [6.07, 6.45) is 5.41. The summed E-state index contributed by atoms with van der Waals surface area (Å²) in [5.74, 6) is 0.618. The molecule has 1 aliphatic rings. The predicted octanol–water partition coefficient (Wildman–Crippen LogP) is 2.79. The number of hydrogen-bond donors (Lipinski definition) is 2. The van der Waals surface area contributed by atoms with Crippen LogP contribution in [-0.2, 0) is 9.84 Å². The number of carbonyl (C=O) groups excluding carboxylic acids is 1. The zero-order chi connectivity index (χ0) is 15.5. The lowest BCUT2D eigenvalue weighted by molar-refractivity contribution is 0.238. The molecule has 0 unspecified atom stereocenters. The normalized spacial score (nSPS) is 22.6. The predicted molar refractivity (Wildman–Crippen MR) is 83.1 cm³/mol. The van der Waals surface area contributed by atoms with Crippen LogP contribution >= 0.6 is 0 Å². The first-order chi connectivity index (χ1) is 9.86. The summed E-state index contributed by atoms with van der Waals surface area (Å²) in [4.78, 5) is 12.2. The van der Waals surface area contributed by atoms with Crippen molar-refractivity contribution in [1.29, 1.82) is 0 Å². The van der Waals surface area contributed by atoms with Crippen LogP contribution in [0.5, 0.6) is 0 Å². The lowest BCUT2D eigenvalue weighted by Gasteiger charge is -2.27. The molecule has 0 saturated heterocycles. The number of rotatable bonds is 3. The topological polar surface area (TPSA) is 75.3 Å². The van der Waals surface area contributed by atoms with Gasteiger partial charge in [0.2, 0.25) is 0 Å². The quantitative estimate of drug-likeness (QED) is 0.901. The van der Waals surface area contributed by atoms with Crippen LogP contribution in [0.1, 0.15) is 32.6 Å². The van der Waals surface area contributed by atoms with Gasteiger partial charge in [0.25, 0.3) is 0 Å². The zero-order valence-electron chi connectivity index (χ0n) is 12.4. The Balaban J connectivity index is 2.03. The van der Waals surface area contributed by atoms with E-state index in [0.717, 1.165) is 25.5 Å². The van der Waals surface area contributed by atoms with Crippen molar-refractivity contribution in [3.63, 3.8) is 0 Å². The molecular weight excluding hydrogens is 288 g/mol. The average molecular weight is 310 g/mol. The van der Waals surface area contributed by atoms with Gasteiger partial charge in [-0.1, -0.05) is 31.9 Å². The second kappa shape index (κ2) is 6.47. The van der Waals surface area contributed by atoms with Crippen molar-refractivity contribution in [2.24, 2.45) is 5.92 Å². The lowest BCUT2D eigenvalue weighted by atomic mass is 9.87. The van der Waals surface area contributed by atoms with Crippen molar-refractivity contribution in [2.75, 3.05) is 11.6 Å². The van der Waals surface area contributed by atoms with Crippen molar-refractivity contribution in [3.05, 3.63) is 24.3 Å². The molecule has 2 amide bonds. The molecule has 21 heavy (non-hydrogen) atoms. The Morgan fingerprint density at radius 2 is 1.95 bits per heavy atom. The van der Waals surface area contributed by atoms with Crippen molar-refractivity contribution < 1.29 is 13.2 Å². The molecule has 1 aliphatic carbocycles. The number of hydrogen-bond acceptors (Lipinski definition) is 3. The first-order valence-electron chi connectivity index (χ1n) is 7.23. The smallest absolute Gasteiger partial charge is 0.319 e. The van der Waals surface area contributed by atoms with Gasteiger partial charge in [0.05, 0.1) is 10.6 Å². The van der Waals surface area contributed by atoms with Crippen LogP contribution in [0.15, 0.2) is 29.2 Å². The summed E-state index contributed by atoms with van der Waals surface area (Å²) < 4.78 is 23.4. The molecule has 0 heterocycles. The fourth-order valence-electron chi connectivity index (χ4n) is 2.80. The van der Waals surface area contributed by atoms with E-state index in [1.165, 1.54) is 12.5 Å². The van der Waals surface area contributed by atoms with E-state index in [1.54, 1.807) is 18.2 Å². The number of carbonyl (C=O) groups is 1. The van der Waals surface area contributed by atoms with Gasteiger partial charge in [-0.15, -0.1) is 0 Å². The molecule has 1 fully saturated rings. The van der Waals surface area contributed by atoms with E-state index >= 15 is 0 Å². The van der Waals surface area contributed by atoms with Crippen molar-refractivity contribution in [2.45, 2.75) is 43.5 Å². The Morgan fingerprint density at radius 1 is 1.24 bits per heavy atom. The van der Waals surface area contributed by atoms with Crippen molar-refractivity contribution >= 4 is 21.6 Å². The molecule has 1 aromatic rings. The van der Waals surface area contributed by atoms with Gasteiger partial charge < -0.3 is 10.6 Å². The molecule has 116 valence electrons. The summed E-state index contributed by atoms with van der Waals surface area (Å²) in [6.45, 7) is 2.19. The Bertz CT molecular complexity index is 613. The minimum Gasteiger partial charge on any atom is -0.335 e. The molecule has 0 aromatic heterocycles. The third kappa shape index (κ3) is 4.46. The molecule has 2 N–H and O–H groups in total. The fraction of sp³-hybridized carbons (Fsp3) is 0.533. The molecule has 2 atom stereocenters. The van der Waals surface area contributed by atoms with Gasteiger partial charge in [0.15, 0.2) is 9.84 Å². The summed E-state index contributed by atoms with van der Waals surface area (Å²) in [5, 5.41) is 5.58. The van der Waals surface area contributed by atoms with E-state index in [0.29, 0.717) is 11.6 Å². The van der Waals surface area contributed by atoms with E-state index in [-0.39, 0.29) is 17.0 Å². The monoisotopic (exact) mass is 310 g/mol. The maximum atomic E-state index is 12.0. The van der Waals surface area contributed by atoms with Gasteiger partial charge >= 0.3 is 6.03 Å². The van der Waals surface area contributed by atoms with Gasteiger partial charge in [-0.25, -0.2) is 13.2 Å². The van der Waals surface area contributed by atoms with E-state index in [9.17, 15) is 13.2 Å². The summed E-state index contributed by atoms with van der Waals surface area (Å²) in [7, 11) is -3.36. The van der Waals surface area contributed by atoms with E-state index in [1.807, 2.05) is 0 Å². The highest BCUT2D eigenvalue weighted by atomic mass is 32.2. The summed E-state index contributed by atoms with van der Waals surface area (Å²) in [6, 6.07) is 6.26. The third-order valence-electron chi connectivity index (χ3n) is 3.81. The second-order valence-electron chi connectivity index (χ2n) is 5.84. The van der Waals surface area contributed by atoms with Crippen molar-refractivity contribution in [3.8, 4) is 0 Å². The Kier molecular flexibility index (Phi) is 4.88. The highest BCUT2D eigenvalue weighted by Crippen LogP contribution is 2.24. The minimum absolute atomic E-state index is 0.136. The number of amides is 2. The molecule has 0 bridgehead atoms. The molecule has 6 heteroatoms. The minimum atomic E-state index is -3.36. The van der Waals surface area contributed by atoms with Crippen LogP contribution in [0.2, 0.25) is 0 Å². The third-order valence-corrected chi connectivity index (χ3v) is 4.96. The number of para-hydroxylation sites is 1. The number of benzene rings is 1. The standard InChI is InChI=1S/C15H22N2O3S/c1-11-6-5-7-12(10-11)16-15(18)17-13-8-3-4-9-14(13)21(2,19)20/h3-4,8-9,11-12H,5-7,10H2,1-2H3,(H2,16,17,18)/t11-,12-/m1/s1. The highest BCUT2D eigenvalue weighted by molar-refractivity contribution is 7.90. The summed E-state index contributed by atoms with van der Waals surface area (Å²) in [5.41, 5.74) is 0.321. The lowest BCUT2D eigenvalue weighted by Crippen LogP contribution is -2.40. The molecular formula is C15H22N2O3S. The Labute approximate surface area is 126 Å². The van der Waals surface area contributed by atoms with Crippen LogP contribution in [-0.4, -0.2) is 26.7 Å². The van der Waals surface area contributed by atoms with Gasteiger partial charge in [0.1, 0.15) is 0 Å². The van der Waals surface area contributed by atoms with Gasteiger partial charge in [-0.05, 0) is 30.9 Å². The molecule has 1 saturated carbocycles. The van der Waals surface area contributed by atoms with Crippen LogP contribution in [0.25, 0.3) is 0 Å². The molecule has 0 aliphatic heterocycles.